The van der Waals surface area contributed by atoms with Crippen molar-refractivity contribution in [3.63, 3.8) is 0 Å². The van der Waals surface area contributed by atoms with E-state index in [0.29, 0.717) is 5.41 Å². The number of rotatable bonds is 4. The Morgan fingerprint density at radius 3 is 2.14 bits per heavy atom. The van der Waals surface area contributed by atoms with Crippen LogP contribution in [0.4, 0.5) is 0 Å². The van der Waals surface area contributed by atoms with Crippen LogP contribution in [0.25, 0.3) is 0 Å². The lowest BCUT2D eigenvalue weighted by Gasteiger charge is -2.35. The summed E-state index contributed by atoms with van der Waals surface area (Å²) in [4.78, 5) is 2.45. The van der Waals surface area contributed by atoms with Gasteiger partial charge in [-0.15, -0.1) is 0 Å². The summed E-state index contributed by atoms with van der Waals surface area (Å²) in [5.41, 5.74) is 0.518. The molecule has 1 saturated carbocycles. The molecule has 0 heterocycles. The molecule has 84 valence electrons. The van der Waals surface area contributed by atoms with E-state index < -0.39 is 0 Å². The molecule has 0 amide bonds. The van der Waals surface area contributed by atoms with E-state index in [1.54, 1.807) is 0 Å². The summed E-state index contributed by atoms with van der Waals surface area (Å²) >= 11 is 4.58. The third-order valence-corrected chi connectivity index (χ3v) is 4.32. The van der Waals surface area contributed by atoms with Crippen molar-refractivity contribution in [1.82, 2.24) is 4.90 Å². The fourth-order valence-corrected chi connectivity index (χ4v) is 2.95. The van der Waals surface area contributed by atoms with Gasteiger partial charge in [0.2, 0.25) is 0 Å². The van der Waals surface area contributed by atoms with E-state index in [1.807, 2.05) is 0 Å². The first-order valence-corrected chi connectivity index (χ1v) is 6.65. The van der Waals surface area contributed by atoms with E-state index >= 15 is 0 Å². The fraction of sp³-hybridized carbons (Fsp3) is 1.00. The molecule has 0 aromatic heterocycles. The molecule has 0 saturated heterocycles. The number of thiol groups is 1. The molecule has 0 spiro atoms. The molecule has 1 fully saturated rings. The molecule has 0 aromatic carbocycles. The van der Waals surface area contributed by atoms with Crippen LogP contribution >= 0.6 is 12.6 Å². The fourth-order valence-electron chi connectivity index (χ4n) is 2.53. The summed E-state index contributed by atoms with van der Waals surface area (Å²) in [6.45, 7) is 4.64. The number of hydrogen-bond acceptors (Lipinski definition) is 2. The van der Waals surface area contributed by atoms with Gasteiger partial charge in [-0.2, -0.15) is 12.6 Å². The Kier molecular flexibility index (Phi) is 5.32. The predicted octanol–water partition coefficient (Wildman–Crippen LogP) is 3.21. The van der Waals surface area contributed by atoms with Crippen LogP contribution in [0.15, 0.2) is 0 Å². The van der Waals surface area contributed by atoms with Gasteiger partial charge in [-0.3, -0.25) is 0 Å². The monoisotopic (exact) mass is 215 g/mol. The molecule has 0 aromatic rings. The van der Waals surface area contributed by atoms with Crippen LogP contribution in [0.2, 0.25) is 0 Å². The quantitative estimate of drug-likeness (QED) is 0.557. The Hall–Kier alpha value is 0.310. The minimum absolute atomic E-state index is 0.518. The zero-order valence-corrected chi connectivity index (χ0v) is 10.7. The average Bonchev–Trinajstić information content (AvgIpc) is 2.44. The Bertz CT molecular complexity index is 150. The van der Waals surface area contributed by atoms with Crippen LogP contribution in [0.3, 0.4) is 0 Å². The Morgan fingerprint density at radius 2 is 1.71 bits per heavy atom. The van der Waals surface area contributed by atoms with Gasteiger partial charge in [0.1, 0.15) is 0 Å². The second-order valence-electron chi connectivity index (χ2n) is 4.90. The van der Waals surface area contributed by atoms with Crippen molar-refractivity contribution < 1.29 is 0 Å². The van der Waals surface area contributed by atoms with Crippen molar-refractivity contribution in [3.8, 4) is 0 Å². The zero-order valence-electron chi connectivity index (χ0n) is 9.76. The summed E-state index contributed by atoms with van der Waals surface area (Å²) in [7, 11) is 2.23. The lowest BCUT2D eigenvalue weighted by atomic mass is 9.82. The van der Waals surface area contributed by atoms with Gasteiger partial charge in [0.15, 0.2) is 0 Å². The van der Waals surface area contributed by atoms with Crippen LogP contribution in [0.5, 0.6) is 0 Å². The maximum absolute atomic E-state index is 4.58. The zero-order chi connectivity index (χ0) is 10.4. The first-order chi connectivity index (χ1) is 6.72. The van der Waals surface area contributed by atoms with Crippen LogP contribution < -0.4 is 0 Å². The normalized spacial score (nSPS) is 22.3. The van der Waals surface area contributed by atoms with Crippen molar-refractivity contribution in [2.45, 2.75) is 45.4 Å². The molecule has 0 bridgehead atoms. The second kappa shape index (κ2) is 6.02. The summed E-state index contributed by atoms with van der Waals surface area (Å²) in [6.07, 6.45) is 8.48. The smallest absolute Gasteiger partial charge is 0.00426 e. The highest BCUT2D eigenvalue weighted by Gasteiger charge is 2.30. The van der Waals surface area contributed by atoms with Gasteiger partial charge in [-0.25, -0.2) is 0 Å². The molecule has 0 unspecified atom stereocenters. The van der Waals surface area contributed by atoms with Gasteiger partial charge >= 0.3 is 0 Å². The molecule has 1 aliphatic rings. The molecule has 0 N–H and O–H groups in total. The van der Waals surface area contributed by atoms with Crippen LogP contribution in [-0.4, -0.2) is 30.8 Å². The maximum Gasteiger partial charge on any atom is 0.00426 e. The van der Waals surface area contributed by atoms with E-state index in [4.69, 9.17) is 0 Å². The van der Waals surface area contributed by atoms with Gasteiger partial charge in [0.25, 0.3) is 0 Å². The van der Waals surface area contributed by atoms with Gasteiger partial charge < -0.3 is 4.90 Å². The van der Waals surface area contributed by atoms with Crippen LogP contribution in [-0.2, 0) is 0 Å². The topological polar surface area (TPSA) is 3.24 Å². The van der Waals surface area contributed by atoms with Crippen molar-refractivity contribution in [2.75, 3.05) is 25.9 Å². The Morgan fingerprint density at radius 1 is 1.14 bits per heavy atom. The summed E-state index contributed by atoms with van der Waals surface area (Å²) in [5.74, 6) is 1.07. The van der Waals surface area contributed by atoms with E-state index in [9.17, 15) is 0 Å². The third kappa shape index (κ3) is 3.47. The van der Waals surface area contributed by atoms with Gasteiger partial charge in [-0.05, 0) is 37.6 Å². The van der Waals surface area contributed by atoms with Crippen molar-refractivity contribution >= 4 is 12.6 Å². The van der Waals surface area contributed by atoms with Crippen molar-refractivity contribution in [1.29, 1.82) is 0 Å². The SMILES string of the molecule is CCN(C)CC1(CS)CCCCCC1. The van der Waals surface area contributed by atoms with E-state index in [2.05, 4.69) is 31.5 Å². The molecule has 1 nitrogen and oxygen atoms in total. The van der Waals surface area contributed by atoms with E-state index in [1.165, 1.54) is 45.1 Å². The predicted molar refractivity (Wildman–Crippen MR) is 67.2 cm³/mol. The highest BCUT2D eigenvalue weighted by molar-refractivity contribution is 7.80. The lowest BCUT2D eigenvalue weighted by molar-refractivity contribution is 0.180. The van der Waals surface area contributed by atoms with Gasteiger partial charge in [0.05, 0.1) is 0 Å². The summed E-state index contributed by atoms with van der Waals surface area (Å²) < 4.78 is 0. The maximum atomic E-state index is 4.58. The molecule has 0 atom stereocenters. The van der Waals surface area contributed by atoms with Crippen LogP contribution in [0, 0.1) is 5.41 Å². The molecule has 0 aliphatic heterocycles. The second-order valence-corrected chi connectivity index (χ2v) is 5.22. The summed E-state index contributed by atoms with van der Waals surface area (Å²) in [6, 6.07) is 0. The molecular formula is C12H25NS. The minimum Gasteiger partial charge on any atom is -0.306 e. The minimum atomic E-state index is 0.518. The third-order valence-electron chi connectivity index (χ3n) is 3.64. The first-order valence-electron chi connectivity index (χ1n) is 6.02. The van der Waals surface area contributed by atoms with Crippen molar-refractivity contribution in [2.24, 2.45) is 5.41 Å². The standard InChI is InChI=1S/C12H25NS/c1-3-13(2)10-12(11-14)8-6-4-5-7-9-12/h14H,3-11H2,1-2H3. The van der Waals surface area contributed by atoms with Crippen molar-refractivity contribution in [3.05, 3.63) is 0 Å². The number of hydrogen-bond donors (Lipinski definition) is 1. The molecular weight excluding hydrogens is 190 g/mol. The molecule has 2 heteroatoms. The Labute approximate surface area is 94.7 Å². The molecule has 0 radical (unpaired) electrons. The number of nitrogens with zero attached hydrogens (tertiary/aromatic N) is 1. The summed E-state index contributed by atoms with van der Waals surface area (Å²) in [5, 5.41) is 0. The van der Waals surface area contributed by atoms with Crippen LogP contribution in [0.1, 0.15) is 45.4 Å². The molecule has 1 aliphatic carbocycles. The van der Waals surface area contributed by atoms with Gasteiger partial charge in [0, 0.05) is 6.54 Å². The Balaban J connectivity index is 2.53. The molecule has 14 heavy (non-hydrogen) atoms. The highest BCUT2D eigenvalue weighted by atomic mass is 32.1. The lowest BCUT2D eigenvalue weighted by Crippen LogP contribution is -2.36. The average molecular weight is 215 g/mol. The van der Waals surface area contributed by atoms with E-state index in [0.717, 1.165) is 12.3 Å². The van der Waals surface area contributed by atoms with E-state index in [-0.39, 0.29) is 0 Å². The molecule has 1 rings (SSSR count). The largest absolute Gasteiger partial charge is 0.306 e. The first kappa shape index (κ1) is 12.4. The highest BCUT2D eigenvalue weighted by Crippen LogP contribution is 2.36. The van der Waals surface area contributed by atoms with Gasteiger partial charge in [-0.1, -0.05) is 32.6 Å².